The zero-order valence-corrected chi connectivity index (χ0v) is 12.7. The Balaban J connectivity index is 2.02. The molecule has 0 radical (unpaired) electrons. The van der Waals surface area contributed by atoms with Crippen LogP contribution in [-0.2, 0) is 13.1 Å². The maximum absolute atomic E-state index is 4.65. The van der Waals surface area contributed by atoms with Crippen molar-refractivity contribution in [3.63, 3.8) is 0 Å². The van der Waals surface area contributed by atoms with Crippen molar-refractivity contribution >= 4 is 0 Å². The molecule has 0 saturated carbocycles. The Labute approximate surface area is 117 Å². The van der Waals surface area contributed by atoms with Crippen LogP contribution in [0, 0.1) is 6.92 Å². The van der Waals surface area contributed by atoms with E-state index in [1.54, 1.807) is 0 Å². The second-order valence-corrected chi connectivity index (χ2v) is 5.76. The zero-order valence-electron chi connectivity index (χ0n) is 12.7. The van der Waals surface area contributed by atoms with E-state index in [0.29, 0.717) is 0 Å². The standard InChI is InChI=1S/C16H27N3/c1-4-5-8-14(2)12-19-16(11-15(3)17-19)13-18-9-6-7-10-18/h8,11H,4-7,9-10,12-13H2,1-3H3/b14-8+. The van der Waals surface area contributed by atoms with Gasteiger partial charge in [0.25, 0.3) is 0 Å². The van der Waals surface area contributed by atoms with Crippen LogP contribution in [0.1, 0.15) is 50.9 Å². The average molecular weight is 261 g/mol. The molecule has 3 nitrogen and oxygen atoms in total. The highest BCUT2D eigenvalue weighted by atomic mass is 15.3. The van der Waals surface area contributed by atoms with E-state index in [1.165, 1.54) is 50.0 Å². The number of allylic oxidation sites excluding steroid dienone is 2. The van der Waals surface area contributed by atoms with E-state index < -0.39 is 0 Å². The van der Waals surface area contributed by atoms with E-state index in [2.05, 4.69) is 47.6 Å². The van der Waals surface area contributed by atoms with Gasteiger partial charge >= 0.3 is 0 Å². The predicted octanol–water partition coefficient (Wildman–Crippen LogP) is 3.53. The number of likely N-dealkylation sites (tertiary alicyclic amines) is 1. The number of hydrogen-bond donors (Lipinski definition) is 0. The molecule has 1 aromatic rings. The van der Waals surface area contributed by atoms with Gasteiger partial charge in [-0.15, -0.1) is 0 Å². The second-order valence-electron chi connectivity index (χ2n) is 5.76. The number of nitrogens with zero attached hydrogens (tertiary/aromatic N) is 3. The Kier molecular flexibility index (Phi) is 5.20. The van der Waals surface area contributed by atoms with Crippen molar-refractivity contribution in [1.29, 1.82) is 0 Å². The molecule has 1 aliphatic rings. The van der Waals surface area contributed by atoms with Crippen molar-refractivity contribution in [3.05, 3.63) is 29.1 Å². The van der Waals surface area contributed by atoms with Gasteiger partial charge in [-0.25, -0.2) is 0 Å². The number of unbranched alkanes of at least 4 members (excludes halogenated alkanes) is 1. The molecule has 2 heterocycles. The summed E-state index contributed by atoms with van der Waals surface area (Å²) in [5.74, 6) is 0. The van der Waals surface area contributed by atoms with Crippen LogP contribution in [0.2, 0.25) is 0 Å². The molecule has 1 aromatic heterocycles. The first-order valence-electron chi connectivity index (χ1n) is 7.60. The third-order valence-corrected chi connectivity index (χ3v) is 3.75. The summed E-state index contributed by atoms with van der Waals surface area (Å²) in [6.07, 6.45) is 7.44. The van der Waals surface area contributed by atoms with E-state index in [1.807, 2.05) is 0 Å². The highest BCUT2D eigenvalue weighted by molar-refractivity contribution is 5.11. The summed E-state index contributed by atoms with van der Waals surface area (Å²) >= 11 is 0. The van der Waals surface area contributed by atoms with E-state index in [0.717, 1.165) is 18.8 Å². The van der Waals surface area contributed by atoms with Crippen molar-refractivity contribution in [2.75, 3.05) is 13.1 Å². The van der Waals surface area contributed by atoms with Gasteiger partial charge in [0.05, 0.1) is 17.9 Å². The van der Waals surface area contributed by atoms with Gasteiger partial charge in [0.15, 0.2) is 0 Å². The van der Waals surface area contributed by atoms with Crippen LogP contribution in [0.15, 0.2) is 17.7 Å². The van der Waals surface area contributed by atoms with Gasteiger partial charge < -0.3 is 0 Å². The summed E-state index contributed by atoms with van der Waals surface area (Å²) in [6.45, 7) is 11.0. The fraction of sp³-hybridized carbons (Fsp3) is 0.688. The molecule has 0 amide bonds. The fourth-order valence-electron chi connectivity index (χ4n) is 2.72. The lowest BCUT2D eigenvalue weighted by Gasteiger charge is -2.15. The summed E-state index contributed by atoms with van der Waals surface area (Å²) < 4.78 is 2.19. The lowest BCUT2D eigenvalue weighted by atomic mass is 10.2. The van der Waals surface area contributed by atoms with Crippen molar-refractivity contribution < 1.29 is 0 Å². The third kappa shape index (κ3) is 4.20. The molecule has 0 aromatic carbocycles. The van der Waals surface area contributed by atoms with Crippen LogP contribution in [-0.4, -0.2) is 27.8 Å². The predicted molar refractivity (Wildman–Crippen MR) is 80.1 cm³/mol. The van der Waals surface area contributed by atoms with Crippen LogP contribution in [0.25, 0.3) is 0 Å². The van der Waals surface area contributed by atoms with Crippen LogP contribution in [0.4, 0.5) is 0 Å². The normalized spacial score (nSPS) is 17.3. The van der Waals surface area contributed by atoms with Crippen LogP contribution >= 0.6 is 0 Å². The molecule has 106 valence electrons. The van der Waals surface area contributed by atoms with Gasteiger partial charge in [-0.1, -0.05) is 25.0 Å². The monoisotopic (exact) mass is 261 g/mol. The summed E-state index contributed by atoms with van der Waals surface area (Å²) in [7, 11) is 0. The minimum Gasteiger partial charge on any atom is -0.298 e. The van der Waals surface area contributed by atoms with E-state index in [4.69, 9.17) is 0 Å². The maximum atomic E-state index is 4.65. The summed E-state index contributed by atoms with van der Waals surface area (Å²) in [6, 6.07) is 2.24. The Morgan fingerprint density at radius 2 is 2.11 bits per heavy atom. The first-order chi connectivity index (χ1) is 9.19. The molecule has 0 N–H and O–H groups in total. The van der Waals surface area contributed by atoms with Gasteiger partial charge in [0.2, 0.25) is 0 Å². The Morgan fingerprint density at radius 3 is 2.79 bits per heavy atom. The fourth-order valence-corrected chi connectivity index (χ4v) is 2.72. The highest BCUT2D eigenvalue weighted by Crippen LogP contribution is 2.15. The molecular formula is C16H27N3. The lowest BCUT2D eigenvalue weighted by molar-refractivity contribution is 0.319. The molecule has 3 heteroatoms. The summed E-state index contributed by atoms with van der Waals surface area (Å²) in [5.41, 5.74) is 3.92. The maximum Gasteiger partial charge on any atom is 0.0620 e. The topological polar surface area (TPSA) is 21.1 Å². The molecule has 0 aliphatic carbocycles. The molecule has 0 unspecified atom stereocenters. The molecule has 0 atom stereocenters. The van der Waals surface area contributed by atoms with Crippen LogP contribution in [0.3, 0.4) is 0 Å². The zero-order chi connectivity index (χ0) is 13.7. The number of rotatable bonds is 6. The van der Waals surface area contributed by atoms with Crippen molar-refractivity contribution in [3.8, 4) is 0 Å². The Bertz CT molecular complexity index is 425. The van der Waals surface area contributed by atoms with Crippen LogP contribution < -0.4 is 0 Å². The quantitative estimate of drug-likeness (QED) is 0.730. The Morgan fingerprint density at radius 1 is 1.37 bits per heavy atom. The smallest absolute Gasteiger partial charge is 0.0620 e. The van der Waals surface area contributed by atoms with E-state index in [9.17, 15) is 0 Å². The SMILES string of the molecule is CCC/C=C(\C)Cn1nc(C)cc1CN1CCCC1. The number of hydrogen-bond acceptors (Lipinski definition) is 2. The van der Waals surface area contributed by atoms with Crippen molar-refractivity contribution in [2.45, 2.75) is 59.5 Å². The van der Waals surface area contributed by atoms with Gasteiger partial charge in [-0.05, 0) is 52.3 Å². The first-order valence-corrected chi connectivity index (χ1v) is 7.60. The molecule has 19 heavy (non-hydrogen) atoms. The van der Waals surface area contributed by atoms with Crippen LogP contribution in [0.5, 0.6) is 0 Å². The minimum absolute atomic E-state index is 0.941. The van der Waals surface area contributed by atoms with Gasteiger partial charge in [-0.3, -0.25) is 9.58 Å². The molecule has 0 bridgehead atoms. The largest absolute Gasteiger partial charge is 0.298 e. The van der Waals surface area contributed by atoms with E-state index in [-0.39, 0.29) is 0 Å². The van der Waals surface area contributed by atoms with Crippen molar-refractivity contribution in [1.82, 2.24) is 14.7 Å². The van der Waals surface area contributed by atoms with Gasteiger partial charge in [0.1, 0.15) is 0 Å². The molecular weight excluding hydrogens is 234 g/mol. The van der Waals surface area contributed by atoms with Gasteiger partial charge in [-0.2, -0.15) is 5.10 Å². The average Bonchev–Trinajstić information content (AvgIpc) is 2.98. The first kappa shape index (κ1) is 14.3. The van der Waals surface area contributed by atoms with E-state index >= 15 is 0 Å². The molecule has 0 spiro atoms. The Hall–Kier alpha value is -1.09. The summed E-state index contributed by atoms with van der Waals surface area (Å²) in [4.78, 5) is 2.54. The third-order valence-electron chi connectivity index (χ3n) is 3.75. The second kappa shape index (κ2) is 6.90. The lowest BCUT2D eigenvalue weighted by Crippen LogP contribution is -2.21. The molecule has 1 aliphatic heterocycles. The highest BCUT2D eigenvalue weighted by Gasteiger charge is 2.15. The number of aromatic nitrogens is 2. The molecule has 2 rings (SSSR count). The molecule has 1 fully saturated rings. The summed E-state index contributed by atoms with van der Waals surface area (Å²) in [5, 5.41) is 4.65. The van der Waals surface area contributed by atoms with Gasteiger partial charge in [0, 0.05) is 6.54 Å². The number of aryl methyl sites for hydroxylation is 1. The van der Waals surface area contributed by atoms with Crippen molar-refractivity contribution in [2.24, 2.45) is 0 Å². The minimum atomic E-state index is 0.941. The molecule has 1 saturated heterocycles.